The van der Waals surface area contributed by atoms with E-state index in [1.807, 2.05) is 6.92 Å². The zero-order chi connectivity index (χ0) is 7.33. The molecule has 0 heterocycles. The molecule has 0 bridgehead atoms. The zero-order valence-electron chi connectivity index (χ0n) is 6.13. The Hall–Kier alpha value is 0.100. The van der Waals surface area contributed by atoms with E-state index in [4.69, 9.17) is 10.4 Å². The fourth-order valence-electron chi connectivity index (χ4n) is 0.656. The Bertz CT molecular complexity index is 95.7. The molecule has 0 spiro atoms. The first-order valence-corrected chi connectivity index (χ1v) is 3.06. The first-order chi connectivity index (χ1) is 4.12. The maximum atomic E-state index is 8.94. The van der Waals surface area contributed by atoms with Crippen LogP contribution in [0.5, 0.6) is 0 Å². The van der Waals surface area contributed by atoms with Crippen molar-refractivity contribution >= 4 is 0 Å². The van der Waals surface area contributed by atoms with E-state index < -0.39 is 4.81 Å². The van der Waals surface area contributed by atoms with Crippen LogP contribution in [0.3, 0.4) is 0 Å². The van der Waals surface area contributed by atoms with Gasteiger partial charge in [0, 0.05) is 0 Å². The lowest BCUT2D eigenvalue weighted by Gasteiger charge is -2.18. The van der Waals surface area contributed by atoms with Gasteiger partial charge in [-0.05, 0) is 17.3 Å². The maximum absolute atomic E-state index is 8.94. The minimum Gasteiger partial charge on any atom is -1.00 e. The summed E-state index contributed by atoms with van der Waals surface area (Å²) in [4.78, 5) is -0.931. The van der Waals surface area contributed by atoms with Crippen LogP contribution >= 0.6 is 0 Å². The molecule has 0 aliphatic rings. The Morgan fingerprint density at radius 1 is 1.50 bits per heavy atom. The molecule has 0 rings (SSSR count). The third-order valence-electron chi connectivity index (χ3n) is 1.00. The molecule has 2 N–H and O–H groups in total. The van der Waals surface area contributed by atoms with E-state index >= 15 is 0 Å². The lowest BCUT2D eigenvalue weighted by Crippen LogP contribution is -3.00. The SMILES string of the molecule is C=CC[N+](O)(O)CCC.[Br-]. The topological polar surface area (TPSA) is 40.5 Å². The Kier molecular flexibility index (Phi) is 7.46. The smallest absolute Gasteiger partial charge is 0.160 e. The predicted molar refractivity (Wildman–Crippen MR) is 34.1 cm³/mol. The Labute approximate surface area is 71.9 Å². The molecule has 10 heavy (non-hydrogen) atoms. The van der Waals surface area contributed by atoms with Gasteiger partial charge in [-0.25, -0.2) is 0 Å². The minimum absolute atomic E-state index is 0. The van der Waals surface area contributed by atoms with Crippen LogP contribution in [0.4, 0.5) is 0 Å². The Morgan fingerprint density at radius 3 is 2.30 bits per heavy atom. The van der Waals surface area contributed by atoms with E-state index in [9.17, 15) is 0 Å². The third kappa shape index (κ3) is 6.22. The number of rotatable bonds is 4. The highest BCUT2D eigenvalue weighted by Gasteiger charge is 2.17. The number of nitrogens with zero attached hydrogens (tertiary/aromatic N) is 1. The van der Waals surface area contributed by atoms with Crippen LogP contribution in [-0.4, -0.2) is 28.3 Å². The quantitative estimate of drug-likeness (QED) is 0.327. The lowest BCUT2D eigenvalue weighted by molar-refractivity contribution is -1.24. The molecule has 0 aromatic carbocycles. The van der Waals surface area contributed by atoms with Crippen molar-refractivity contribution in [2.24, 2.45) is 0 Å². The molecule has 4 heteroatoms. The van der Waals surface area contributed by atoms with E-state index in [1.165, 1.54) is 6.08 Å². The van der Waals surface area contributed by atoms with Crippen molar-refractivity contribution in [3.05, 3.63) is 12.7 Å². The summed E-state index contributed by atoms with van der Waals surface area (Å²) in [5.74, 6) is 0. The standard InChI is InChI=1S/C6H14NO2.BrH/c1-3-5-7(8,9)6-4-2;/h3,8-9H,1,4-6H2,2H3;1H/q+1;/p-1. The number of halogens is 1. The first-order valence-electron chi connectivity index (χ1n) is 3.06. The number of hydrogen-bond donors (Lipinski definition) is 2. The van der Waals surface area contributed by atoms with E-state index in [1.54, 1.807) is 0 Å². The molecular formula is C6H14BrNO2. The van der Waals surface area contributed by atoms with E-state index in [-0.39, 0.29) is 23.5 Å². The molecule has 0 saturated heterocycles. The summed E-state index contributed by atoms with van der Waals surface area (Å²) in [6.45, 7) is 5.83. The summed E-state index contributed by atoms with van der Waals surface area (Å²) in [7, 11) is 0. The van der Waals surface area contributed by atoms with Gasteiger partial charge in [-0.3, -0.25) is 0 Å². The van der Waals surface area contributed by atoms with Crippen molar-refractivity contribution in [3.8, 4) is 0 Å². The number of hydroxylamine groups is 4. The summed E-state index contributed by atoms with van der Waals surface area (Å²) in [6.07, 6.45) is 2.23. The molecule has 0 aromatic rings. The molecule has 0 saturated carbocycles. The lowest BCUT2D eigenvalue weighted by atomic mass is 10.4. The second-order valence-electron chi connectivity index (χ2n) is 2.07. The van der Waals surface area contributed by atoms with E-state index in [0.29, 0.717) is 6.54 Å². The summed E-state index contributed by atoms with van der Waals surface area (Å²) >= 11 is 0. The fourth-order valence-corrected chi connectivity index (χ4v) is 0.656. The minimum atomic E-state index is -0.931. The maximum Gasteiger partial charge on any atom is 0.160 e. The van der Waals surface area contributed by atoms with Crippen molar-refractivity contribution in [2.75, 3.05) is 13.1 Å². The number of hydrogen-bond acceptors (Lipinski definition) is 2. The second-order valence-corrected chi connectivity index (χ2v) is 2.07. The number of quaternary nitrogens is 1. The Balaban J connectivity index is 0. The van der Waals surface area contributed by atoms with Gasteiger partial charge < -0.3 is 17.0 Å². The predicted octanol–water partition coefficient (Wildman–Crippen LogP) is -1.82. The van der Waals surface area contributed by atoms with Gasteiger partial charge in [0.15, 0.2) is 6.54 Å². The van der Waals surface area contributed by atoms with Crippen molar-refractivity contribution in [2.45, 2.75) is 13.3 Å². The average Bonchev–Trinajstić information content (AvgIpc) is 1.64. The van der Waals surface area contributed by atoms with Gasteiger partial charge in [-0.15, -0.1) is 0 Å². The van der Waals surface area contributed by atoms with Crippen LogP contribution in [0, 0.1) is 0 Å². The van der Waals surface area contributed by atoms with Gasteiger partial charge in [0.05, 0.1) is 0 Å². The monoisotopic (exact) mass is 211 g/mol. The normalized spacial score (nSPS) is 10.3. The summed E-state index contributed by atoms with van der Waals surface area (Å²) in [5.41, 5.74) is 0. The van der Waals surface area contributed by atoms with Crippen LogP contribution in [-0.2, 0) is 0 Å². The summed E-state index contributed by atoms with van der Waals surface area (Å²) < 4.78 is 0. The molecular weight excluding hydrogens is 198 g/mol. The van der Waals surface area contributed by atoms with E-state index in [0.717, 1.165) is 6.42 Å². The largest absolute Gasteiger partial charge is 1.00 e. The van der Waals surface area contributed by atoms with Crippen LogP contribution < -0.4 is 17.0 Å². The molecule has 0 aromatic heterocycles. The first kappa shape index (κ1) is 12.7. The van der Waals surface area contributed by atoms with Gasteiger partial charge >= 0.3 is 0 Å². The average molecular weight is 212 g/mol. The fraction of sp³-hybridized carbons (Fsp3) is 0.667. The highest BCUT2D eigenvalue weighted by atomic mass is 79.9. The second kappa shape index (κ2) is 5.85. The van der Waals surface area contributed by atoms with Gasteiger partial charge in [-0.2, -0.15) is 10.4 Å². The highest BCUT2D eigenvalue weighted by molar-refractivity contribution is 4.62. The highest BCUT2D eigenvalue weighted by Crippen LogP contribution is 1.96. The molecule has 0 radical (unpaired) electrons. The Morgan fingerprint density at radius 2 is 2.00 bits per heavy atom. The molecule has 0 amide bonds. The van der Waals surface area contributed by atoms with Crippen LogP contribution in [0.2, 0.25) is 0 Å². The van der Waals surface area contributed by atoms with Gasteiger partial charge in [0.1, 0.15) is 6.54 Å². The van der Waals surface area contributed by atoms with E-state index in [2.05, 4.69) is 6.58 Å². The zero-order valence-corrected chi connectivity index (χ0v) is 7.71. The third-order valence-corrected chi connectivity index (χ3v) is 1.00. The van der Waals surface area contributed by atoms with Crippen molar-refractivity contribution in [1.29, 1.82) is 0 Å². The van der Waals surface area contributed by atoms with Crippen LogP contribution in [0.1, 0.15) is 13.3 Å². The van der Waals surface area contributed by atoms with Crippen LogP contribution in [0.15, 0.2) is 12.7 Å². The van der Waals surface area contributed by atoms with Gasteiger partial charge in [0.25, 0.3) is 0 Å². The molecule has 0 aliphatic heterocycles. The molecule has 3 nitrogen and oxygen atoms in total. The molecule has 0 unspecified atom stereocenters. The molecule has 62 valence electrons. The van der Waals surface area contributed by atoms with Crippen molar-refractivity contribution < 1.29 is 32.2 Å². The molecule has 0 fully saturated rings. The summed E-state index contributed by atoms with van der Waals surface area (Å²) in [6, 6.07) is 0. The van der Waals surface area contributed by atoms with Crippen molar-refractivity contribution in [1.82, 2.24) is 0 Å². The van der Waals surface area contributed by atoms with Gasteiger partial charge in [-0.1, -0.05) is 13.5 Å². The summed E-state index contributed by atoms with van der Waals surface area (Å²) in [5, 5.41) is 17.9. The van der Waals surface area contributed by atoms with Crippen LogP contribution in [0.25, 0.3) is 0 Å². The van der Waals surface area contributed by atoms with Gasteiger partial charge in [0.2, 0.25) is 0 Å². The molecule has 0 atom stereocenters. The molecule has 0 aliphatic carbocycles. The van der Waals surface area contributed by atoms with Crippen molar-refractivity contribution in [3.63, 3.8) is 0 Å².